The molecule has 0 amide bonds. The summed E-state index contributed by atoms with van der Waals surface area (Å²) < 4.78 is 0. The Balaban J connectivity index is 2.03. The SMILES string of the molecule is Cc1ccc(-c2csc(-c3cnc(C)nc3N)n2)c(C)c1. The Morgan fingerprint density at radius 3 is 2.57 bits per heavy atom. The van der Waals surface area contributed by atoms with Gasteiger partial charge in [0, 0.05) is 17.1 Å². The monoisotopic (exact) mass is 296 g/mol. The molecule has 0 spiro atoms. The molecule has 21 heavy (non-hydrogen) atoms. The summed E-state index contributed by atoms with van der Waals surface area (Å²) in [6, 6.07) is 6.38. The summed E-state index contributed by atoms with van der Waals surface area (Å²) in [6.45, 7) is 6.02. The van der Waals surface area contributed by atoms with Gasteiger partial charge in [0.2, 0.25) is 0 Å². The Bertz CT molecular complexity index is 742. The van der Waals surface area contributed by atoms with Crippen LogP contribution in [-0.4, -0.2) is 15.0 Å². The first kappa shape index (κ1) is 13.7. The van der Waals surface area contributed by atoms with Crippen molar-refractivity contribution < 1.29 is 0 Å². The van der Waals surface area contributed by atoms with Crippen molar-refractivity contribution in [3.63, 3.8) is 0 Å². The first-order valence-electron chi connectivity index (χ1n) is 6.67. The first-order valence-corrected chi connectivity index (χ1v) is 7.55. The van der Waals surface area contributed by atoms with E-state index in [0.29, 0.717) is 11.6 Å². The molecule has 0 radical (unpaired) electrons. The van der Waals surface area contributed by atoms with Crippen LogP contribution < -0.4 is 5.73 Å². The minimum atomic E-state index is 0.476. The molecule has 3 rings (SSSR count). The number of nitrogens with zero attached hydrogens (tertiary/aromatic N) is 3. The van der Waals surface area contributed by atoms with Crippen molar-refractivity contribution in [2.45, 2.75) is 20.8 Å². The van der Waals surface area contributed by atoms with Gasteiger partial charge in [-0.05, 0) is 26.3 Å². The van der Waals surface area contributed by atoms with Crippen LogP contribution >= 0.6 is 11.3 Å². The number of hydrogen-bond donors (Lipinski definition) is 1. The van der Waals surface area contributed by atoms with E-state index in [1.165, 1.54) is 11.1 Å². The van der Waals surface area contributed by atoms with Crippen molar-refractivity contribution in [3.8, 4) is 21.8 Å². The topological polar surface area (TPSA) is 64.7 Å². The van der Waals surface area contributed by atoms with Crippen molar-refractivity contribution in [1.82, 2.24) is 15.0 Å². The fourth-order valence-corrected chi connectivity index (χ4v) is 3.11. The smallest absolute Gasteiger partial charge is 0.137 e. The number of nitrogen functional groups attached to an aromatic ring is 1. The van der Waals surface area contributed by atoms with Crippen LogP contribution in [0.4, 0.5) is 5.82 Å². The average Bonchev–Trinajstić information content (AvgIpc) is 2.87. The Labute approximate surface area is 127 Å². The second-order valence-electron chi connectivity index (χ2n) is 5.07. The summed E-state index contributed by atoms with van der Waals surface area (Å²) in [4.78, 5) is 13.1. The number of hydrogen-bond acceptors (Lipinski definition) is 5. The lowest BCUT2D eigenvalue weighted by molar-refractivity contribution is 1.06. The molecule has 2 aromatic heterocycles. The molecule has 0 aliphatic carbocycles. The zero-order valence-electron chi connectivity index (χ0n) is 12.2. The standard InChI is InChI=1S/C16H16N4S/c1-9-4-5-12(10(2)6-9)14-8-21-16(20-14)13-7-18-11(3)19-15(13)17/h4-8H,1-3H3,(H2,17,18,19). The van der Waals surface area contributed by atoms with Gasteiger partial charge in [0.25, 0.3) is 0 Å². The van der Waals surface area contributed by atoms with Gasteiger partial charge in [0.05, 0.1) is 11.3 Å². The highest BCUT2D eigenvalue weighted by Gasteiger charge is 2.12. The molecule has 1 aromatic carbocycles. The van der Waals surface area contributed by atoms with E-state index in [-0.39, 0.29) is 0 Å². The Hall–Kier alpha value is -2.27. The molecule has 0 aliphatic rings. The molecular formula is C16H16N4S. The van der Waals surface area contributed by atoms with E-state index < -0.39 is 0 Å². The number of thiazole rings is 1. The zero-order valence-corrected chi connectivity index (χ0v) is 13.0. The Kier molecular flexibility index (Phi) is 3.43. The van der Waals surface area contributed by atoms with Gasteiger partial charge in [-0.2, -0.15) is 0 Å². The third kappa shape index (κ3) is 2.64. The van der Waals surface area contributed by atoms with Crippen LogP contribution in [0.1, 0.15) is 17.0 Å². The fourth-order valence-electron chi connectivity index (χ4n) is 2.27. The average molecular weight is 296 g/mol. The molecule has 106 valence electrons. The molecule has 4 nitrogen and oxygen atoms in total. The molecule has 0 aliphatic heterocycles. The molecule has 5 heteroatoms. The van der Waals surface area contributed by atoms with Crippen molar-refractivity contribution in [3.05, 3.63) is 46.7 Å². The molecule has 2 N–H and O–H groups in total. The van der Waals surface area contributed by atoms with E-state index in [2.05, 4.69) is 42.0 Å². The summed E-state index contributed by atoms with van der Waals surface area (Å²) >= 11 is 1.56. The summed E-state index contributed by atoms with van der Waals surface area (Å²) in [6.07, 6.45) is 1.74. The van der Waals surface area contributed by atoms with E-state index >= 15 is 0 Å². The van der Waals surface area contributed by atoms with Crippen LogP contribution in [0.2, 0.25) is 0 Å². The Morgan fingerprint density at radius 1 is 1.05 bits per heavy atom. The van der Waals surface area contributed by atoms with Gasteiger partial charge >= 0.3 is 0 Å². The van der Waals surface area contributed by atoms with Crippen molar-refractivity contribution in [1.29, 1.82) is 0 Å². The number of rotatable bonds is 2. The van der Waals surface area contributed by atoms with Gasteiger partial charge in [-0.15, -0.1) is 11.3 Å². The molecule has 0 saturated heterocycles. The highest BCUT2D eigenvalue weighted by atomic mass is 32.1. The predicted octanol–water partition coefficient (Wildman–Crippen LogP) is 3.77. The van der Waals surface area contributed by atoms with E-state index in [0.717, 1.165) is 21.8 Å². The second-order valence-corrected chi connectivity index (χ2v) is 5.93. The molecule has 0 unspecified atom stereocenters. The molecule has 0 fully saturated rings. The van der Waals surface area contributed by atoms with Crippen LogP contribution in [-0.2, 0) is 0 Å². The maximum absolute atomic E-state index is 5.97. The van der Waals surface area contributed by atoms with Gasteiger partial charge in [0.1, 0.15) is 16.6 Å². The van der Waals surface area contributed by atoms with Gasteiger partial charge < -0.3 is 5.73 Å². The lowest BCUT2D eigenvalue weighted by Crippen LogP contribution is -1.98. The maximum Gasteiger partial charge on any atom is 0.137 e. The van der Waals surface area contributed by atoms with Crippen molar-refractivity contribution in [2.75, 3.05) is 5.73 Å². The maximum atomic E-state index is 5.97. The third-order valence-electron chi connectivity index (χ3n) is 3.33. The summed E-state index contributed by atoms with van der Waals surface area (Å²) in [5.41, 5.74) is 11.3. The fraction of sp³-hybridized carbons (Fsp3) is 0.188. The van der Waals surface area contributed by atoms with Crippen LogP contribution in [0.15, 0.2) is 29.8 Å². The highest BCUT2D eigenvalue weighted by molar-refractivity contribution is 7.13. The number of nitrogens with two attached hydrogens (primary N) is 1. The quantitative estimate of drug-likeness (QED) is 0.781. The highest BCUT2D eigenvalue weighted by Crippen LogP contribution is 2.32. The lowest BCUT2D eigenvalue weighted by Gasteiger charge is -2.04. The normalized spacial score (nSPS) is 10.8. The first-order chi connectivity index (χ1) is 10.0. The van der Waals surface area contributed by atoms with Crippen LogP contribution in [0, 0.1) is 20.8 Å². The largest absolute Gasteiger partial charge is 0.383 e. The van der Waals surface area contributed by atoms with Gasteiger partial charge in [-0.1, -0.05) is 23.8 Å². The van der Waals surface area contributed by atoms with Crippen LogP contribution in [0.25, 0.3) is 21.8 Å². The van der Waals surface area contributed by atoms with Crippen molar-refractivity contribution >= 4 is 17.2 Å². The second kappa shape index (κ2) is 5.26. The van der Waals surface area contributed by atoms with Crippen LogP contribution in [0.5, 0.6) is 0 Å². The predicted molar refractivity (Wildman–Crippen MR) is 87.2 cm³/mol. The molecule has 0 saturated carbocycles. The molecular weight excluding hydrogens is 280 g/mol. The van der Waals surface area contributed by atoms with Gasteiger partial charge in [0.15, 0.2) is 0 Å². The van der Waals surface area contributed by atoms with E-state index in [9.17, 15) is 0 Å². The molecule has 2 heterocycles. The van der Waals surface area contributed by atoms with E-state index in [1.54, 1.807) is 17.5 Å². The number of aromatic nitrogens is 3. The number of aryl methyl sites for hydroxylation is 3. The van der Waals surface area contributed by atoms with E-state index in [1.807, 2.05) is 12.3 Å². The summed E-state index contributed by atoms with van der Waals surface area (Å²) in [5.74, 6) is 1.14. The number of benzene rings is 1. The third-order valence-corrected chi connectivity index (χ3v) is 4.21. The van der Waals surface area contributed by atoms with E-state index in [4.69, 9.17) is 10.7 Å². The molecule has 3 aromatic rings. The van der Waals surface area contributed by atoms with Gasteiger partial charge in [-0.3, -0.25) is 0 Å². The molecule has 0 bridgehead atoms. The molecule has 0 atom stereocenters. The minimum absolute atomic E-state index is 0.476. The summed E-state index contributed by atoms with van der Waals surface area (Å²) in [7, 11) is 0. The minimum Gasteiger partial charge on any atom is -0.383 e. The van der Waals surface area contributed by atoms with Gasteiger partial charge in [-0.25, -0.2) is 15.0 Å². The number of anilines is 1. The lowest BCUT2D eigenvalue weighted by atomic mass is 10.0. The summed E-state index contributed by atoms with van der Waals surface area (Å²) in [5, 5.41) is 2.90. The Morgan fingerprint density at radius 2 is 1.86 bits per heavy atom. The van der Waals surface area contributed by atoms with Crippen LogP contribution in [0.3, 0.4) is 0 Å². The zero-order chi connectivity index (χ0) is 15.0. The van der Waals surface area contributed by atoms with Crippen molar-refractivity contribution in [2.24, 2.45) is 0 Å².